The fourth-order valence-electron chi connectivity index (χ4n) is 3.12. The summed E-state index contributed by atoms with van der Waals surface area (Å²) in [4.78, 5) is 0. The third kappa shape index (κ3) is 5.42. The van der Waals surface area contributed by atoms with Crippen LogP contribution in [0.3, 0.4) is 0 Å². The van der Waals surface area contributed by atoms with E-state index in [4.69, 9.17) is 0 Å². The van der Waals surface area contributed by atoms with E-state index in [1.165, 1.54) is 12.1 Å². The minimum absolute atomic E-state index is 0.214. The second-order valence-corrected chi connectivity index (χ2v) is 7.26. The maximum atomic E-state index is 13.1. The molecule has 1 atom stereocenters. The Kier molecular flexibility index (Phi) is 6.97. The molecule has 0 aliphatic carbocycles. The Bertz CT molecular complexity index is 988. The highest BCUT2D eigenvalue weighted by molar-refractivity contribution is 5.77. The summed E-state index contributed by atoms with van der Waals surface area (Å²) in [7, 11) is 0. The second kappa shape index (κ2) is 9.84. The Morgan fingerprint density at radius 1 is 0.828 bits per heavy atom. The van der Waals surface area contributed by atoms with Crippen LogP contribution in [0, 0.1) is 11.7 Å². The number of allylic oxidation sites excluding steroid dienone is 5. The molecule has 0 saturated heterocycles. The van der Waals surface area contributed by atoms with Crippen molar-refractivity contribution in [3.63, 3.8) is 0 Å². The number of benzene rings is 3. The van der Waals surface area contributed by atoms with E-state index in [0.29, 0.717) is 5.92 Å². The zero-order chi connectivity index (χ0) is 20.6. The standard InChI is InChI=1S/C28H27F/c1-4-21(3)7-6-8-22(5-2)23-9-11-24(12-10-23)25-13-15-26(16-14-25)27-17-19-28(29)20-18-27/h5-21H,2,4H2,1,3H3/b7-6-,22-8+. The first-order valence-corrected chi connectivity index (χ1v) is 10.1. The molecule has 0 bridgehead atoms. The van der Waals surface area contributed by atoms with E-state index in [-0.39, 0.29) is 5.82 Å². The minimum Gasteiger partial charge on any atom is -0.207 e. The van der Waals surface area contributed by atoms with Gasteiger partial charge in [-0.3, -0.25) is 0 Å². The number of rotatable bonds is 7. The molecule has 0 fully saturated rings. The summed E-state index contributed by atoms with van der Waals surface area (Å²) in [5.41, 5.74) is 6.68. The molecule has 1 unspecified atom stereocenters. The molecule has 0 heterocycles. The fourth-order valence-corrected chi connectivity index (χ4v) is 3.12. The molecular weight excluding hydrogens is 355 g/mol. The normalized spacial score (nSPS) is 12.9. The highest BCUT2D eigenvalue weighted by atomic mass is 19.1. The van der Waals surface area contributed by atoms with Crippen LogP contribution in [0.4, 0.5) is 4.39 Å². The van der Waals surface area contributed by atoms with Gasteiger partial charge in [0.25, 0.3) is 0 Å². The highest BCUT2D eigenvalue weighted by Gasteiger charge is 2.03. The molecule has 146 valence electrons. The molecule has 0 aromatic heterocycles. The van der Waals surface area contributed by atoms with Gasteiger partial charge in [-0.05, 0) is 51.4 Å². The van der Waals surface area contributed by atoms with Crippen molar-refractivity contribution in [3.05, 3.63) is 115 Å². The molecule has 0 radical (unpaired) electrons. The van der Waals surface area contributed by atoms with Gasteiger partial charge in [-0.25, -0.2) is 4.39 Å². The summed E-state index contributed by atoms with van der Waals surface area (Å²) in [6.07, 6.45) is 9.50. The van der Waals surface area contributed by atoms with Crippen molar-refractivity contribution in [1.29, 1.82) is 0 Å². The molecule has 0 N–H and O–H groups in total. The molecule has 3 rings (SSSR count). The average Bonchev–Trinajstić information content (AvgIpc) is 2.77. The summed E-state index contributed by atoms with van der Waals surface area (Å²) < 4.78 is 13.1. The Labute approximate surface area is 173 Å². The molecular formula is C28H27F. The van der Waals surface area contributed by atoms with E-state index >= 15 is 0 Å². The summed E-state index contributed by atoms with van der Waals surface area (Å²) >= 11 is 0. The van der Waals surface area contributed by atoms with Gasteiger partial charge in [-0.1, -0.05) is 112 Å². The predicted octanol–water partition coefficient (Wildman–Crippen LogP) is 8.33. The van der Waals surface area contributed by atoms with Crippen molar-refractivity contribution in [1.82, 2.24) is 0 Å². The summed E-state index contributed by atoms with van der Waals surface area (Å²) in [6.45, 7) is 8.36. The fraction of sp³-hybridized carbons (Fsp3) is 0.143. The van der Waals surface area contributed by atoms with Gasteiger partial charge in [0.05, 0.1) is 0 Å². The monoisotopic (exact) mass is 382 g/mol. The SMILES string of the molecule is C=C/C(=C\C=C/C(C)CC)c1ccc(-c2ccc(-c3ccc(F)cc3)cc2)cc1. The van der Waals surface area contributed by atoms with Crippen LogP contribution in [0.5, 0.6) is 0 Å². The van der Waals surface area contributed by atoms with E-state index in [2.05, 4.69) is 87.2 Å². The van der Waals surface area contributed by atoms with E-state index in [9.17, 15) is 4.39 Å². The first kappa shape index (κ1) is 20.5. The van der Waals surface area contributed by atoms with Gasteiger partial charge in [0.2, 0.25) is 0 Å². The van der Waals surface area contributed by atoms with Crippen LogP contribution >= 0.6 is 0 Å². The Morgan fingerprint density at radius 3 is 1.72 bits per heavy atom. The third-order valence-corrected chi connectivity index (χ3v) is 5.19. The van der Waals surface area contributed by atoms with Crippen LogP contribution in [0.2, 0.25) is 0 Å². The zero-order valence-corrected chi connectivity index (χ0v) is 17.1. The van der Waals surface area contributed by atoms with Crippen LogP contribution in [0.1, 0.15) is 25.8 Å². The molecule has 29 heavy (non-hydrogen) atoms. The predicted molar refractivity (Wildman–Crippen MR) is 124 cm³/mol. The van der Waals surface area contributed by atoms with Crippen molar-refractivity contribution in [3.8, 4) is 22.3 Å². The molecule has 1 heteroatoms. The lowest BCUT2D eigenvalue weighted by Crippen LogP contribution is -1.85. The van der Waals surface area contributed by atoms with Gasteiger partial charge in [0, 0.05) is 0 Å². The lowest BCUT2D eigenvalue weighted by molar-refractivity contribution is 0.628. The summed E-state index contributed by atoms with van der Waals surface area (Å²) in [5, 5.41) is 0. The van der Waals surface area contributed by atoms with Gasteiger partial charge in [0.15, 0.2) is 0 Å². The summed E-state index contributed by atoms with van der Waals surface area (Å²) in [5.74, 6) is 0.367. The molecule has 0 saturated carbocycles. The maximum absolute atomic E-state index is 13.1. The number of hydrogen-bond acceptors (Lipinski definition) is 0. The Morgan fingerprint density at radius 2 is 1.28 bits per heavy atom. The van der Waals surface area contributed by atoms with E-state index < -0.39 is 0 Å². The van der Waals surface area contributed by atoms with Crippen LogP contribution in [0.15, 0.2) is 104 Å². The lowest BCUT2D eigenvalue weighted by atomic mass is 9.98. The maximum Gasteiger partial charge on any atom is 0.123 e. The minimum atomic E-state index is -0.214. The molecule has 0 amide bonds. The smallest absolute Gasteiger partial charge is 0.123 e. The Hall–Kier alpha value is -3.19. The molecule has 0 aliphatic heterocycles. The molecule has 0 aliphatic rings. The van der Waals surface area contributed by atoms with Crippen molar-refractivity contribution in [2.75, 3.05) is 0 Å². The van der Waals surface area contributed by atoms with Crippen molar-refractivity contribution in [2.45, 2.75) is 20.3 Å². The summed E-state index contributed by atoms with van der Waals surface area (Å²) in [6, 6.07) is 23.5. The first-order valence-electron chi connectivity index (χ1n) is 10.1. The molecule has 0 spiro atoms. The van der Waals surface area contributed by atoms with Gasteiger partial charge in [0.1, 0.15) is 5.82 Å². The highest BCUT2D eigenvalue weighted by Crippen LogP contribution is 2.26. The van der Waals surface area contributed by atoms with Gasteiger partial charge >= 0.3 is 0 Å². The van der Waals surface area contributed by atoms with E-state index in [1.807, 2.05) is 6.08 Å². The Balaban J connectivity index is 1.77. The lowest BCUT2D eigenvalue weighted by Gasteiger charge is -2.07. The van der Waals surface area contributed by atoms with Crippen molar-refractivity contribution >= 4 is 5.57 Å². The molecule has 3 aromatic rings. The van der Waals surface area contributed by atoms with E-state index in [1.54, 1.807) is 12.1 Å². The number of halogens is 1. The van der Waals surface area contributed by atoms with Crippen LogP contribution in [-0.4, -0.2) is 0 Å². The van der Waals surface area contributed by atoms with Crippen LogP contribution < -0.4 is 0 Å². The quantitative estimate of drug-likeness (QED) is 0.360. The number of hydrogen-bond donors (Lipinski definition) is 0. The average molecular weight is 383 g/mol. The first-order chi connectivity index (χ1) is 14.1. The van der Waals surface area contributed by atoms with Crippen LogP contribution in [0.25, 0.3) is 27.8 Å². The zero-order valence-electron chi connectivity index (χ0n) is 17.1. The second-order valence-electron chi connectivity index (χ2n) is 7.26. The molecule has 3 aromatic carbocycles. The largest absolute Gasteiger partial charge is 0.207 e. The van der Waals surface area contributed by atoms with Crippen LogP contribution in [-0.2, 0) is 0 Å². The van der Waals surface area contributed by atoms with E-state index in [0.717, 1.165) is 39.8 Å². The topological polar surface area (TPSA) is 0 Å². The van der Waals surface area contributed by atoms with Gasteiger partial charge in [-0.15, -0.1) is 0 Å². The van der Waals surface area contributed by atoms with Gasteiger partial charge in [-0.2, -0.15) is 0 Å². The van der Waals surface area contributed by atoms with Crippen molar-refractivity contribution in [2.24, 2.45) is 5.92 Å². The van der Waals surface area contributed by atoms with Crippen molar-refractivity contribution < 1.29 is 4.39 Å². The molecule has 0 nitrogen and oxygen atoms in total. The van der Waals surface area contributed by atoms with Gasteiger partial charge < -0.3 is 0 Å². The third-order valence-electron chi connectivity index (χ3n) is 5.19.